The molecule has 0 unspecified atom stereocenters. The van der Waals surface area contributed by atoms with Gasteiger partial charge in [0.05, 0.1) is 0 Å². The molecule has 1 heterocycles. The molecule has 1 fully saturated rings. The highest BCUT2D eigenvalue weighted by atomic mass is 32.1. The number of rotatable bonds is 3. The zero-order valence-corrected chi connectivity index (χ0v) is 9.40. The molecule has 16 heavy (non-hydrogen) atoms. The molecule has 0 aromatic carbocycles. The molecule has 4 nitrogen and oxygen atoms in total. The molecular weight excluding hydrogens is 241 g/mol. The first-order chi connectivity index (χ1) is 7.38. The number of anilines is 1. The molecular formula is C8H11F3N4S. The van der Waals surface area contributed by atoms with Crippen molar-refractivity contribution in [2.45, 2.75) is 25.1 Å². The van der Waals surface area contributed by atoms with Crippen molar-refractivity contribution >= 4 is 18.2 Å². The van der Waals surface area contributed by atoms with Gasteiger partial charge in [-0.1, -0.05) is 0 Å². The van der Waals surface area contributed by atoms with E-state index in [2.05, 4.69) is 10.2 Å². The topological polar surface area (TPSA) is 36.9 Å². The highest BCUT2D eigenvalue weighted by Gasteiger charge is 2.33. The van der Waals surface area contributed by atoms with Gasteiger partial charge in [0.1, 0.15) is 6.54 Å². The molecule has 1 N–H and O–H groups in total. The van der Waals surface area contributed by atoms with Crippen LogP contribution in [0.2, 0.25) is 0 Å². The van der Waals surface area contributed by atoms with Gasteiger partial charge in [-0.25, -0.2) is 5.10 Å². The Hall–Kier alpha value is -1.05. The first-order valence-corrected chi connectivity index (χ1v) is 5.24. The normalized spacial score (nSPS) is 16.5. The van der Waals surface area contributed by atoms with Gasteiger partial charge in [-0.15, -0.1) is 5.10 Å². The average molecular weight is 252 g/mol. The molecule has 90 valence electrons. The Bertz CT molecular complexity index is 431. The summed E-state index contributed by atoms with van der Waals surface area (Å²) in [6.07, 6.45) is -2.35. The Morgan fingerprint density at radius 1 is 1.56 bits per heavy atom. The third-order valence-electron chi connectivity index (χ3n) is 2.36. The lowest BCUT2D eigenvalue weighted by Crippen LogP contribution is -2.32. The van der Waals surface area contributed by atoms with Gasteiger partial charge in [-0.2, -0.15) is 13.2 Å². The Morgan fingerprint density at radius 2 is 2.19 bits per heavy atom. The standard InChI is InChI=1S/C8H11F3N4S/c1-14(4-8(9,10)11)6-12-13-7(16)15(6)5-2-3-5/h5H,2-4H2,1H3,(H,13,16). The molecule has 2 rings (SSSR count). The lowest BCUT2D eigenvalue weighted by molar-refractivity contribution is -0.119. The van der Waals surface area contributed by atoms with E-state index < -0.39 is 12.7 Å². The first-order valence-electron chi connectivity index (χ1n) is 4.83. The van der Waals surface area contributed by atoms with Crippen molar-refractivity contribution < 1.29 is 13.2 Å². The van der Waals surface area contributed by atoms with Crippen LogP contribution in [-0.4, -0.2) is 34.5 Å². The van der Waals surface area contributed by atoms with Crippen LogP contribution in [0.5, 0.6) is 0 Å². The predicted molar refractivity (Wildman–Crippen MR) is 55.0 cm³/mol. The maximum absolute atomic E-state index is 12.2. The van der Waals surface area contributed by atoms with Gasteiger partial charge >= 0.3 is 6.18 Å². The van der Waals surface area contributed by atoms with Crippen molar-refractivity contribution in [3.8, 4) is 0 Å². The summed E-state index contributed by atoms with van der Waals surface area (Å²) in [4.78, 5) is 1.06. The zero-order valence-electron chi connectivity index (χ0n) is 8.58. The molecule has 1 aromatic heterocycles. The second kappa shape index (κ2) is 3.76. The van der Waals surface area contributed by atoms with Crippen LogP contribution in [-0.2, 0) is 0 Å². The highest BCUT2D eigenvalue weighted by Crippen LogP contribution is 2.37. The van der Waals surface area contributed by atoms with E-state index in [0.717, 1.165) is 17.7 Å². The summed E-state index contributed by atoms with van der Waals surface area (Å²) < 4.78 is 38.7. The lowest BCUT2D eigenvalue weighted by atomic mass is 10.5. The number of hydrogen-bond donors (Lipinski definition) is 1. The average Bonchev–Trinajstić information content (AvgIpc) is 2.87. The maximum atomic E-state index is 12.2. The van der Waals surface area contributed by atoms with Gasteiger partial charge in [0.2, 0.25) is 5.95 Å². The molecule has 0 atom stereocenters. The van der Waals surface area contributed by atoms with Gasteiger partial charge in [-0.05, 0) is 25.1 Å². The summed E-state index contributed by atoms with van der Waals surface area (Å²) >= 11 is 4.99. The fourth-order valence-electron chi connectivity index (χ4n) is 1.57. The minimum absolute atomic E-state index is 0.205. The van der Waals surface area contributed by atoms with Crippen LogP contribution < -0.4 is 4.90 Å². The van der Waals surface area contributed by atoms with E-state index >= 15 is 0 Å². The van der Waals surface area contributed by atoms with Gasteiger partial charge in [-0.3, -0.25) is 4.57 Å². The second-order valence-corrected chi connectivity index (χ2v) is 4.29. The van der Waals surface area contributed by atoms with Crippen LogP contribution in [0.25, 0.3) is 0 Å². The van der Waals surface area contributed by atoms with Crippen LogP contribution in [0.3, 0.4) is 0 Å². The summed E-state index contributed by atoms with van der Waals surface area (Å²) in [6, 6.07) is 0.205. The SMILES string of the molecule is CN(CC(F)(F)F)c1n[nH]c(=S)n1C1CC1. The van der Waals surface area contributed by atoms with Crippen molar-refractivity contribution in [1.82, 2.24) is 14.8 Å². The second-order valence-electron chi connectivity index (χ2n) is 3.90. The third kappa shape index (κ3) is 2.37. The van der Waals surface area contributed by atoms with Gasteiger partial charge in [0, 0.05) is 13.1 Å². The lowest BCUT2D eigenvalue weighted by Gasteiger charge is -2.20. The van der Waals surface area contributed by atoms with E-state index in [4.69, 9.17) is 12.2 Å². The monoisotopic (exact) mass is 252 g/mol. The highest BCUT2D eigenvalue weighted by molar-refractivity contribution is 7.71. The molecule has 1 saturated carbocycles. The van der Waals surface area contributed by atoms with Crippen LogP contribution in [0.4, 0.5) is 19.1 Å². The van der Waals surface area contributed by atoms with E-state index in [9.17, 15) is 13.2 Å². The smallest absolute Gasteiger partial charge is 0.335 e. The number of aromatic amines is 1. The largest absolute Gasteiger partial charge is 0.406 e. The summed E-state index contributed by atoms with van der Waals surface area (Å²) in [5.41, 5.74) is 0. The molecule has 1 aliphatic rings. The quantitative estimate of drug-likeness (QED) is 0.838. The summed E-state index contributed by atoms with van der Waals surface area (Å²) in [5, 5.41) is 6.36. The van der Waals surface area contributed by atoms with Gasteiger partial charge in [0.15, 0.2) is 4.77 Å². The Morgan fingerprint density at radius 3 is 2.69 bits per heavy atom. The molecule has 1 aliphatic carbocycles. The summed E-state index contributed by atoms with van der Waals surface area (Å²) in [5.74, 6) is 0.254. The van der Waals surface area contributed by atoms with Gasteiger partial charge < -0.3 is 4.90 Å². The van der Waals surface area contributed by atoms with Crippen LogP contribution in [0.15, 0.2) is 0 Å². The van der Waals surface area contributed by atoms with Crippen molar-refractivity contribution in [2.24, 2.45) is 0 Å². The van der Waals surface area contributed by atoms with E-state index in [-0.39, 0.29) is 12.0 Å². The number of hydrogen-bond acceptors (Lipinski definition) is 3. The first kappa shape index (κ1) is 11.4. The number of nitrogens with zero attached hydrogens (tertiary/aromatic N) is 3. The molecule has 0 spiro atoms. The summed E-state index contributed by atoms with van der Waals surface area (Å²) in [6.45, 7) is -1.03. The van der Waals surface area contributed by atoms with E-state index in [1.54, 1.807) is 4.57 Å². The molecule has 0 radical (unpaired) electrons. The van der Waals surface area contributed by atoms with Crippen molar-refractivity contribution in [3.63, 3.8) is 0 Å². The number of nitrogens with one attached hydrogen (secondary N) is 1. The fraction of sp³-hybridized carbons (Fsp3) is 0.750. The number of halogens is 3. The van der Waals surface area contributed by atoms with E-state index in [0.29, 0.717) is 4.77 Å². The maximum Gasteiger partial charge on any atom is 0.406 e. The molecule has 1 aromatic rings. The molecule has 0 aliphatic heterocycles. The molecule has 0 bridgehead atoms. The van der Waals surface area contributed by atoms with Crippen LogP contribution in [0.1, 0.15) is 18.9 Å². The van der Waals surface area contributed by atoms with Crippen molar-refractivity contribution in [2.75, 3.05) is 18.5 Å². The molecule has 0 saturated heterocycles. The Labute approximate surface area is 95.1 Å². The fourth-order valence-corrected chi connectivity index (χ4v) is 1.84. The van der Waals surface area contributed by atoms with Crippen LogP contribution in [0, 0.1) is 4.77 Å². The van der Waals surface area contributed by atoms with E-state index in [1.807, 2.05) is 0 Å². The number of H-pyrrole nitrogens is 1. The molecule has 8 heteroatoms. The van der Waals surface area contributed by atoms with E-state index in [1.165, 1.54) is 7.05 Å². The minimum Gasteiger partial charge on any atom is -0.335 e. The van der Waals surface area contributed by atoms with Gasteiger partial charge in [0.25, 0.3) is 0 Å². The Balaban J connectivity index is 2.23. The van der Waals surface area contributed by atoms with Crippen molar-refractivity contribution in [3.05, 3.63) is 4.77 Å². The minimum atomic E-state index is -4.24. The molecule has 0 amide bonds. The summed E-state index contributed by atoms with van der Waals surface area (Å²) in [7, 11) is 1.36. The predicted octanol–water partition coefficient (Wildman–Crippen LogP) is 2.27. The Kier molecular flexibility index (Phi) is 2.69. The number of alkyl halides is 3. The number of aromatic nitrogens is 3. The van der Waals surface area contributed by atoms with Crippen LogP contribution >= 0.6 is 12.2 Å². The van der Waals surface area contributed by atoms with Crippen molar-refractivity contribution in [1.29, 1.82) is 0 Å². The third-order valence-corrected chi connectivity index (χ3v) is 2.64. The zero-order chi connectivity index (χ0) is 11.9.